The van der Waals surface area contributed by atoms with Gasteiger partial charge in [0.05, 0.1) is 0 Å². The Bertz CT molecular complexity index is 145. The molecule has 0 aromatic rings. The third-order valence-corrected chi connectivity index (χ3v) is 2.93. The lowest BCUT2D eigenvalue weighted by Gasteiger charge is -2.33. The Kier molecular flexibility index (Phi) is 6.38. The molecule has 2 heteroatoms. The second kappa shape index (κ2) is 6.41. The monoisotopic (exact) mass is 200 g/mol. The van der Waals surface area contributed by atoms with Crippen molar-refractivity contribution in [2.45, 2.75) is 65.5 Å². The predicted molar refractivity (Wildman–Crippen MR) is 64.4 cm³/mol. The summed E-state index contributed by atoms with van der Waals surface area (Å²) in [6.07, 6.45) is 3.58. The largest absolute Gasteiger partial charge is 0.329 e. The summed E-state index contributed by atoms with van der Waals surface area (Å²) in [5.41, 5.74) is 5.96. The van der Waals surface area contributed by atoms with Crippen LogP contribution in [0.25, 0.3) is 0 Å². The number of hydrogen-bond acceptors (Lipinski definition) is 2. The number of rotatable bonds is 7. The first-order chi connectivity index (χ1) is 6.43. The van der Waals surface area contributed by atoms with Gasteiger partial charge < -0.3 is 11.1 Å². The van der Waals surface area contributed by atoms with Crippen LogP contribution in [0.3, 0.4) is 0 Å². The Labute approximate surface area is 89.6 Å². The minimum Gasteiger partial charge on any atom is -0.329 e. The maximum Gasteiger partial charge on any atom is 0.0278 e. The highest BCUT2D eigenvalue weighted by Gasteiger charge is 2.23. The smallest absolute Gasteiger partial charge is 0.0278 e. The van der Waals surface area contributed by atoms with Crippen LogP contribution in [0.4, 0.5) is 0 Å². The standard InChI is InChI=1S/C12H28N2/c1-6-11(4)14-12(5,9-13)8-7-10(2)3/h10-11,14H,6-9,13H2,1-5H3. The van der Waals surface area contributed by atoms with Crippen LogP contribution in [0.2, 0.25) is 0 Å². The second-order valence-electron chi connectivity index (χ2n) is 5.15. The normalized spacial score (nSPS) is 18.2. The Morgan fingerprint density at radius 2 is 1.86 bits per heavy atom. The number of nitrogens with two attached hydrogens (primary N) is 1. The van der Waals surface area contributed by atoms with E-state index in [2.05, 4.69) is 39.9 Å². The van der Waals surface area contributed by atoms with Crippen LogP contribution in [0.15, 0.2) is 0 Å². The third-order valence-electron chi connectivity index (χ3n) is 2.93. The molecule has 0 amide bonds. The Balaban J connectivity index is 4.03. The highest BCUT2D eigenvalue weighted by Crippen LogP contribution is 2.16. The van der Waals surface area contributed by atoms with Gasteiger partial charge in [0.15, 0.2) is 0 Å². The zero-order valence-corrected chi connectivity index (χ0v) is 10.6. The third kappa shape index (κ3) is 5.61. The van der Waals surface area contributed by atoms with Gasteiger partial charge in [-0.15, -0.1) is 0 Å². The fourth-order valence-electron chi connectivity index (χ4n) is 1.54. The first-order valence-corrected chi connectivity index (χ1v) is 5.91. The summed E-state index contributed by atoms with van der Waals surface area (Å²) in [5.74, 6) is 0.764. The van der Waals surface area contributed by atoms with Crippen molar-refractivity contribution in [2.75, 3.05) is 6.54 Å². The van der Waals surface area contributed by atoms with Gasteiger partial charge >= 0.3 is 0 Å². The lowest BCUT2D eigenvalue weighted by Crippen LogP contribution is -2.52. The van der Waals surface area contributed by atoms with E-state index in [0.29, 0.717) is 6.04 Å². The van der Waals surface area contributed by atoms with Gasteiger partial charge in [-0.1, -0.05) is 20.8 Å². The molecule has 0 heterocycles. The van der Waals surface area contributed by atoms with Gasteiger partial charge in [-0.25, -0.2) is 0 Å². The zero-order chi connectivity index (χ0) is 11.2. The molecule has 0 bridgehead atoms. The topological polar surface area (TPSA) is 38.0 Å². The van der Waals surface area contributed by atoms with Crippen molar-refractivity contribution in [1.82, 2.24) is 5.32 Å². The molecule has 0 aliphatic rings. The first kappa shape index (κ1) is 13.9. The van der Waals surface area contributed by atoms with E-state index >= 15 is 0 Å². The van der Waals surface area contributed by atoms with Gasteiger partial charge in [0.2, 0.25) is 0 Å². The van der Waals surface area contributed by atoms with Crippen LogP contribution in [0.1, 0.15) is 53.9 Å². The number of nitrogens with one attached hydrogen (secondary N) is 1. The zero-order valence-electron chi connectivity index (χ0n) is 10.6. The molecule has 2 unspecified atom stereocenters. The van der Waals surface area contributed by atoms with Gasteiger partial charge in [0.1, 0.15) is 0 Å². The Morgan fingerprint density at radius 3 is 2.21 bits per heavy atom. The van der Waals surface area contributed by atoms with Crippen molar-refractivity contribution < 1.29 is 0 Å². The molecule has 3 N–H and O–H groups in total. The molecule has 0 radical (unpaired) electrons. The molecule has 0 aliphatic carbocycles. The molecule has 0 fully saturated rings. The molecule has 86 valence electrons. The quantitative estimate of drug-likeness (QED) is 0.663. The lowest BCUT2D eigenvalue weighted by atomic mass is 9.91. The summed E-state index contributed by atoms with van der Waals surface area (Å²) in [7, 11) is 0. The van der Waals surface area contributed by atoms with Crippen LogP contribution >= 0.6 is 0 Å². The van der Waals surface area contributed by atoms with E-state index < -0.39 is 0 Å². The maximum absolute atomic E-state index is 5.83. The van der Waals surface area contributed by atoms with Crippen LogP contribution in [-0.2, 0) is 0 Å². The second-order valence-corrected chi connectivity index (χ2v) is 5.15. The van der Waals surface area contributed by atoms with Crippen molar-refractivity contribution in [3.8, 4) is 0 Å². The highest BCUT2D eigenvalue weighted by atomic mass is 15.0. The molecular formula is C12H28N2. The van der Waals surface area contributed by atoms with Crippen LogP contribution in [0.5, 0.6) is 0 Å². The van der Waals surface area contributed by atoms with Crippen LogP contribution in [0, 0.1) is 5.92 Å². The van der Waals surface area contributed by atoms with E-state index in [0.717, 1.165) is 18.9 Å². The van der Waals surface area contributed by atoms with Gasteiger partial charge in [-0.2, -0.15) is 0 Å². The summed E-state index contributed by atoms with van der Waals surface area (Å²) in [5, 5.41) is 3.62. The van der Waals surface area contributed by atoms with Crippen molar-refractivity contribution in [2.24, 2.45) is 11.7 Å². The molecule has 0 aromatic carbocycles. The minimum atomic E-state index is 0.125. The minimum absolute atomic E-state index is 0.125. The summed E-state index contributed by atoms with van der Waals surface area (Å²) >= 11 is 0. The molecule has 0 saturated heterocycles. The van der Waals surface area contributed by atoms with E-state index in [9.17, 15) is 0 Å². The Hall–Kier alpha value is -0.0800. The van der Waals surface area contributed by atoms with Crippen LogP contribution in [-0.4, -0.2) is 18.1 Å². The van der Waals surface area contributed by atoms with Gasteiger partial charge in [0, 0.05) is 18.1 Å². The van der Waals surface area contributed by atoms with Crippen molar-refractivity contribution in [1.29, 1.82) is 0 Å². The molecule has 0 spiro atoms. The maximum atomic E-state index is 5.83. The van der Waals surface area contributed by atoms with E-state index in [1.807, 2.05) is 0 Å². The van der Waals surface area contributed by atoms with Gasteiger partial charge in [0.25, 0.3) is 0 Å². The Morgan fingerprint density at radius 1 is 1.29 bits per heavy atom. The number of hydrogen-bond donors (Lipinski definition) is 2. The summed E-state index contributed by atoms with van der Waals surface area (Å²) in [6.45, 7) is 11.9. The molecule has 0 aliphatic heterocycles. The van der Waals surface area contributed by atoms with Crippen molar-refractivity contribution >= 4 is 0 Å². The van der Waals surface area contributed by atoms with Gasteiger partial charge in [-0.3, -0.25) is 0 Å². The molecule has 2 atom stereocenters. The SMILES string of the molecule is CCC(C)NC(C)(CN)CCC(C)C. The van der Waals surface area contributed by atoms with Crippen molar-refractivity contribution in [3.05, 3.63) is 0 Å². The van der Waals surface area contributed by atoms with Crippen LogP contribution < -0.4 is 11.1 Å². The molecule has 0 rings (SSSR count). The molecule has 2 nitrogen and oxygen atoms in total. The fraction of sp³-hybridized carbons (Fsp3) is 1.00. The average Bonchev–Trinajstić information content (AvgIpc) is 2.14. The van der Waals surface area contributed by atoms with E-state index in [1.54, 1.807) is 0 Å². The first-order valence-electron chi connectivity index (χ1n) is 5.91. The van der Waals surface area contributed by atoms with E-state index in [-0.39, 0.29) is 5.54 Å². The summed E-state index contributed by atoms with van der Waals surface area (Å²) < 4.78 is 0. The highest BCUT2D eigenvalue weighted by molar-refractivity contribution is 4.86. The van der Waals surface area contributed by atoms with E-state index in [1.165, 1.54) is 12.8 Å². The predicted octanol–water partition coefficient (Wildman–Crippen LogP) is 2.53. The lowest BCUT2D eigenvalue weighted by molar-refractivity contribution is 0.282. The molecule has 14 heavy (non-hydrogen) atoms. The van der Waals surface area contributed by atoms with Crippen molar-refractivity contribution in [3.63, 3.8) is 0 Å². The van der Waals surface area contributed by atoms with E-state index in [4.69, 9.17) is 5.73 Å². The average molecular weight is 200 g/mol. The molecule has 0 aromatic heterocycles. The fourth-order valence-corrected chi connectivity index (χ4v) is 1.54. The summed E-state index contributed by atoms with van der Waals surface area (Å²) in [4.78, 5) is 0. The van der Waals surface area contributed by atoms with Gasteiger partial charge in [-0.05, 0) is 39.0 Å². The molecular weight excluding hydrogens is 172 g/mol. The summed E-state index contributed by atoms with van der Waals surface area (Å²) in [6, 6.07) is 0.565. The molecule has 0 saturated carbocycles.